The van der Waals surface area contributed by atoms with Crippen LogP contribution >= 0.6 is 0 Å². The van der Waals surface area contributed by atoms with E-state index in [1.54, 1.807) is 6.92 Å². The van der Waals surface area contributed by atoms with E-state index in [1.807, 2.05) is 20.8 Å². The van der Waals surface area contributed by atoms with Crippen molar-refractivity contribution in [3.63, 3.8) is 0 Å². The predicted octanol–water partition coefficient (Wildman–Crippen LogP) is 0.746. The van der Waals surface area contributed by atoms with Crippen molar-refractivity contribution in [3.8, 4) is 0 Å². The van der Waals surface area contributed by atoms with Crippen LogP contribution in [0.25, 0.3) is 0 Å². The second kappa shape index (κ2) is 6.10. The van der Waals surface area contributed by atoms with E-state index in [-0.39, 0.29) is 24.3 Å². The van der Waals surface area contributed by atoms with E-state index >= 15 is 0 Å². The molecule has 0 aromatic heterocycles. The summed E-state index contributed by atoms with van der Waals surface area (Å²) in [5.41, 5.74) is 4.85. The molecule has 1 aliphatic rings. The second-order valence-electron chi connectivity index (χ2n) is 6.25. The van der Waals surface area contributed by atoms with Crippen LogP contribution < -0.4 is 11.1 Å². The molecule has 1 rings (SSSR count). The number of carboxylic acid groups (broad SMARTS) is 1. The van der Waals surface area contributed by atoms with Gasteiger partial charge in [-0.3, -0.25) is 9.59 Å². The summed E-state index contributed by atoms with van der Waals surface area (Å²) in [6, 6.07) is 0. The molecule has 0 radical (unpaired) electrons. The average molecular weight is 286 g/mol. The number of hydrogen-bond donors (Lipinski definition) is 3. The highest BCUT2D eigenvalue weighted by atomic mass is 16.5. The Kier molecular flexibility index (Phi) is 5.15. The minimum atomic E-state index is -0.949. The zero-order valence-corrected chi connectivity index (χ0v) is 12.7. The molecule has 0 aromatic carbocycles. The van der Waals surface area contributed by atoms with Crippen LogP contribution in [-0.2, 0) is 14.3 Å². The van der Waals surface area contributed by atoms with Crippen LogP contribution in [0.15, 0.2) is 0 Å². The van der Waals surface area contributed by atoms with Crippen LogP contribution in [0.5, 0.6) is 0 Å². The summed E-state index contributed by atoms with van der Waals surface area (Å²) in [5.74, 6) is -1.21. The van der Waals surface area contributed by atoms with E-state index in [1.165, 1.54) is 0 Å². The standard InChI is InChI=1S/C14H26N2O4/c1-5-20-10-7-14(15,13(10,3)4)12(19)16-8-9(2)6-11(17)18/h9-10H,5-8,15H2,1-4H3,(H,16,19)(H,17,18). The minimum absolute atomic E-state index is 0.0142. The summed E-state index contributed by atoms with van der Waals surface area (Å²) in [6.45, 7) is 8.47. The fourth-order valence-electron chi connectivity index (χ4n) is 2.62. The Morgan fingerprint density at radius 1 is 1.50 bits per heavy atom. The first-order chi connectivity index (χ1) is 9.15. The number of aliphatic carboxylic acids is 1. The molecule has 1 saturated carbocycles. The van der Waals surface area contributed by atoms with Gasteiger partial charge in [0.05, 0.1) is 6.10 Å². The molecule has 0 saturated heterocycles. The van der Waals surface area contributed by atoms with Crippen LogP contribution in [-0.4, -0.2) is 41.8 Å². The number of ether oxygens (including phenoxy) is 1. The maximum atomic E-state index is 12.3. The van der Waals surface area contributed by atoms with Crippen molar-refractivity contribution < 1.29 is 19.4 Å². The third-order valence-corrected chi connectivity index (χ3v) is 4.37. The molecule has 3 atom stereocenters. The Bertz CT molecular complexity index is 383. The average Bonchev–Trinajstić information content (AvgIpc) is 2.34. The van der Waals surface area contributed by atoms with Gasteiger partial charge in [0.25, 0.3) is 0 Å². The number of carbonyl (C=O) groups is 2. The van der Waals surface area contributed by atoms with Gasteiger partial charge in [0.1, 0.15) is 5.54 Å². The van der Waals surface area contributed by atoms with Gasteiger partial charge in [-0.25, -0.2) is 0 Å². The van der Waals surface area contributed by atoms with Crippen molar-refractivity contribution in [2.24, 2.45) is 17.1 Å². The van der Waals surface area contributed by atoms with Crippen LogP contribution in [0.4, 0.5) is 0 Å². The molecule has 0 aromatic rings. The highest BCUT2D eigenvalue weighted by Gasteiger charge is 2.62. The smallest absolute Gasteiger partial charge is 0.303 e. The maximum Gasteiger partial charge on any atom is 0.303 e. The van der Waals surface area contributed by atoms with Crippen molar-refractivity contribution in [2.45, 2.75) is 52.2 Å². The maximum absolute atomic E-state index is 12.3. The van der Waals surface area contributed by atoms with Gasteiger partial charge in [-0.15, -0.1) is 0 Å². The highest BCUT2D eigenvalue weighted by Crippen LogP contribution is 2.49. The van der Waals surface area contributed by atoms with Gasteiger partial charge in [-0.1, -0.05) is 20.8 Å². The lowest BCUT2D eigenvalue weighted by molar-refractivity contribution is -0.170. The van der Waals surface area contributed by atoms with E-state index in [9.17, 15) is 9.59 Å². The fraction of sp³-hybridized carbons (Fsp3) is 0.857. The monoisotopic (exact) mass is 286 g/mol. The third kappa shape index (κ3) is 3.12. The van der Waals surface area contributed by atoms with Crippen molar-refractivity contribution >= 4 is 11.9 Å². The molecular formula is C14H26N2O4. The zero-order chi connectivity index (χ0) is 15.6. The first kappa shape index (κ1) is 16.9. The zero-order valence-electron chi connectivity index (χ0n) is 12.7. The Labute approximate surface area is 120 Å². The van der Waals surface area contributed by atoms with Gasteiger partial charge < -0.3 is 20.9 Å². The molecule has 0 heterocycles. The molecule has 6 heteroatoms. The molecule has 4 N–H and O–H groups in total. The van der Waals surface area contributed by atoms with Gasteiger partial charge in [-0.05, 0) is 12.8 Å². The van der Waals surface area contributed by atoms with E-state index in [0.717, 1.165) is 0 Å². The summed E-state index contributed by atoms with van der Waals surface area (Å²) >= 11 is 0. The quantitative estimate of drug-likeness (QED) is 0.641. The van der Waals surface area contributed by atoms with Gasteiger partial charge in [0, 0.05) is 31.4 Å². The molecule has 116 valence electrons. The van der Waals surface area contributed by atoms with Crippen LogP contribution in [0.2, 0.25) is 0 Å². The van der Waals surface area contributed by atoms with Crippen molar-refractivity contribution in [3.05, 3.63) is 0 Å². The number of carboxylic acids is 1. The molecular weight excluding hydrogens is 260 g/mol. The predicted molar refractivity (Wildman–Crippen MR) is 75.2 cm³/mol. The molecule has 0 bridgehead atoms. The Morgan fingerprint density at radius 3 is 2.55 bits per heavy atom. The summed E-state index contributed by atoms with van der Waals surface area (Å²) in [4.78, 5) is 22.8. The lowest BCUT2D eigenvalue weighted by Gasteiger charge is -2.57. The van der Waals surface area contributed by atoms with E-state index in [2.05, 4.69) is 5.32 Å². The van der Waals surface area contributed by atoms with Gasteiger partial charge in [-0.2, -0.15) is 0 Å². The van der Waals surface area contributed by atoms with Crippen molar-refractivity contribution in [1.82, 2.24) is 5.32 Å². The molecule has 6 nitrogen and oxygen atoms in total. The van der Waals surface area contributed by atoms with Crippen molar-refractivity contribution in [2.75, 3.05) is 13.2 Å². The first-order valence-corrected chi connectivity index (χ1v) is 7.05. The van der Waals surface area contributed by atoms with Gasteiger partial charge in [0.2, 0.25) is 5.91 Å². The molecule has 0 spiro atoms. The molecule has 3 unspecified atom stereocenters. The normalized spacial score (nSPS) is 29.4. The minimum Gasteiger partial charge on any atom is -0.481 e. The Morgan fingerprint density at radius 2 is 2.10 bits per heavy atom. The number of nitrogens with two attached hydrogens (primary N) is 1. The van der Waals surface area contributed by atoms with Crippen molar-refractivity contribution in [1.29, 1.82) is 0 Å². The summed E-state index contributed by atoms with van der Waals surface area (Å²) in [6.07, 6.45) is 0.509. The molecule has 1 amide bonds. The first-order valence-electron chi connectivity index (χ1n) is 7.05. The van der Waals surface area contributed by atoms with E-state index < -0.39 is 16.9 Å². The number of rotatable bonds is 7. The van der Waals surface area contributed by atoms with Gasteiger partial charge >= 0.3 is 5.97 Å². The highest BCUT2D eigenvalue weighted by molar-refractivity contribution is 5.88. The summed E-state index contributed by atoms with van der Waals surface area (Å²) in [7, 11) is 0. The topological polar surface area (TPSA) is 102 Å². The lowest BCUT2D eigenvalue weighted by Crippen LogP contribution is -2.75. The third-order valence-electron chi connectivity index (χ3n) is 4.37. The Hall–Kier alpha value is -1.14. The molecule has 20 heavy (non-hydrogen) atoms. The second-order valence-corrected chi connectivity index (χ2v) is 6.25. The fourth-order valence-corrected chi connectivity index (χ4v) is 2.62. The van der Waals surface area contributed by atoms with Crippen LogP contribution in [0.3, 0.4) is 0 Å². The largest absolute Gasteiger partial charge is 0.481 e. The van der Waals surface area contributed by atoms with Gasteiger partial charge in [0.15, 0.2) is 0 Å². The van der Waals surface area contributed by atoms with Crippen LogP contribution in [0, 0.1) is 11.3 Å². The molecule has 1 fully saturated rings. The summed E-state index contributed by atoms with van der Waals surface area (Å²) in [5, 5.41) is 11.5. The number of carbonyl (C=O) groups excluding carboxylic acids is 1. The molecule has 0 aliphatic heterocycles. The SMILES string of the molecule is CCOC1CC(N)(C(=O)NCC(C)CC(=O)O)C1(C)C. The Balaban J connectivity index is 2.54. The van der Waals surface area contributed by atoms with Crippen LogP contribution in [0.1, 0.15) is 40.5 Å². The number of nitrogens with one attached hydrogen (secondary N) is 1. The number of hydrogen-bond acceptors (Lipinski definition) is 4. The lowest BCUT2D eigenvalue weighted by atomic mass is 9.54. The number of amides is 1. The van der Waals surface area contributed by atoms with E-state index in [0.29, 0.717) is 19.6 Å². The molecule has 1 aliphatic carbocycles. The van der Waals surface area contributed by atoms with E-state index in [4.69, 9.17) is 15.6 Å². The summed E-state index contributed by atoms with van der Waals surface area (Å²) < 4.78 is 5.58.